The molecule has 1 aromatic heterocycles. The summed E-state index contributed by atoms with van der Waals surface area (Å²) in [6.07, 6.45) is 1.74. The number of hydrogen-bond donors (Lipinski definition) is 0. The fourth-order valence-electron chi connectivity index (χ4n) is 4.03. The molecule has 0 unspecified atom stereocenters. The highest BCUT2D eigenvalue weighted by Crippen LogP contribution is 2.36. The number of thiazole rings is 1. The van der Waals surface area contributed by atoms with Gasteiger partial charge in [-0.15, -0.1) is 0 Å². The zero-order valence-electron chi connectivity index (χ0n) is 20.4. The second-order valence-electron chi connectivity index (χ2n) is 7.82. The van der Waals surface area contributed by atoms with E-state index in [4.69, 9.17) is 18.9 Å². The first kappa shape index (κ1) is 24.9. The van der Waals surface area contributed by atoms with Crippen LogP contribution in [-0.2, 0) is 14.3 Å². The van der Waals surface area contributed by atoms with Gasteiger partial charge in [0, 0.05) is 12.5 Å². The van der Waals surface area contributed by atoms with Crippen molar-refractivity contribution in [3.8, 4) is 17.2 Å². The summed E-state index contributed by atoms with van der Waals surface area (Å²) in [6, 6.07) is 11.4. The van der Waals surface area contributed by atoms with Gasteiger partial charge in [0.05, 0.1) is 43.2 Å². The number of hydrogen-bond acceptors (Lipinski definition) is 9. The SMILES string of the molecule is COC(=O)C1=C(C)N=c2s/c(=C/c3ccccc3OC)c(=O)n2[C@@H]1c1ccc(OC(C)=O)c(OC)c1. The van der Waals surface area contributed by atoms with Gasteiger partial charge in [-0.25, -0.2) is 9.79 Å². The molecule has 9 nitrogen and oxygen atoms in total. The van der Waals surface area contributed by atoms with Crippen LogP contribution in [-0.4, -0.2) is 37.8 Å². The predicted molar refractivity (Wildman–Crippen MR) is 133 cm³/mol. The van der Waals surface area contributed by atoms with E-state index in [1.165, 1.54) is 37.0 Å². The molecule has 1 aliphatic rings. The second-order valence-corrected chi connectivity index (χ2v) is 8.83. The van der Waals surface area contributed by atoms with Gasteiger partial charge in [-0.2, -0.15) is 0 Å². The Labute approximate surface area is 210 Å². The summed E-state index contributed by atoms with van der Waals surface area (Å²) in [5.41, 5.74) is 1.61. The number of esters is 2. The second kappa shape index (κ2) is 10.2. The largest absolute Gasteiger partial charge is 0.496 e. The minimum absolute atomic E-state index is 0.219. The maximum atomic E-state index is 13.7. The van der Waals surface area contributed by atoms with Crippen molar-refractivity contribution in [2.24, 2.45) is 4.99 Å². The van der Waals surface area contributed by atoms with E-state index in [1.54, 1.807) is 38.3 Å². The first-order valence-corrected chi connectivity index (χ1v) is 11.7. The molecule has 1 atom stereocenters. The van der Waals surface area contributed by atoms with Crippen molar-refractivity contribution in [1.82, 2.24) is 4.57 Å². The van der Waals surface area contributed by atoms with Gasteiger partial charge in [0.2, 0.25) is 0 Å². The Balaban J connectivity index is 1.97. The molecule has 1 aliphatic heterocycles. The van der Waals surface area contributed by atoms with E-state index < -0.39 is 18.0 Å². The van der Waals surface area contributed by atoms with E-state index in [1.807, 2.05) is 24.3 Å². The quantitative estimate of drug-likeness (QED) is 0.372. The summed E-state index contributed by atoms with van der Waals surface area (Å²) >= 11 is 1.21. The van der Waals surface area contributed by atoms with Gasteiger partial charge in [-0.3, -0.25) is 14.2 Å². The van der Waals surface area contributed by atoms with Gasteiger partial charge in [0.15, 0.2) is 16.3 Å². The van der Waals surface area contributed by atoms with E-state index in [9.17, 15) is 14.4 Å². The van der Waals surface area contributed by atoms with Crippen LogP contribution in [0.1, 0.15) is 31.0 Å². The van der Waals surface area contributed by atoms with E-state index in [0.29, 0.717) is 26.3 Å². The molecule has 0 amide bonds. The number of carbonyl (C=O) groups excluding carboxylic acids is 2. The fourth-order valence-corrected chi connectivity index (χ4v) is 5.07. The summed E-state index contributed by atoms with van der Waals surface area (Å²) < 4.78 is 23.0. The first-order chi connectivity index (χ1) is 17.3. The lowest BCUT2D eigenvalue weighted by Gasteiger charge is -2.25. The Morgan fingerprint density at radius 3 is 2.42 bits per heavy atom. The number of ether oxygens (including phenoxy) is 4. The summed E-state index contributed by atoms with van der Waals surface area (Å²) in [7, 11) is 4.27. The Morgan fingerprint density at radius 2 is 1.75 bits per heavy atom. The highest BCUT2D eigenvalue weighted by molar-refractivity contribution is 7.07. The Kier molecular flexibility index (Phi) is 7.07. The molecule has 2 heterocycles. The lowest BCUT2D eigenvalue weighted by Crippen LogP contribution is -2.39. The number of aromatic nitrogens is 1. The van der Waals surface area contributed by atoms with Crippen LogP contribution < -0.4 is 29.1 Å². The minimum Gasteiger partial charge on any atom is -0.496 e. The molecular formula is C26H24N2O7S. The van der Waals surface area contributed by atoms with E-state index in [2.05, 4.69) is 4.99 Å². The maximum Gasteiger partial charge on any atom is 0.338 e. The third-order valence-corrected chi connectivity index (χ3v) is 6.59. The average Bonchev–Trinajstić information content (AvgIpc) is 3.17. The Hall–Kier alpha value is -4.18. The zero-order chi connectivity index (χ0) is 26.0. The fraction of sp³-hybridized carbons (Fsp3) is 0.231. The number of benzene rings is 2. The van der Waals surface area contributed by atoms with Crippen molar-refractivity contribution in [3.63, 3.8) is 0 Å². The van der Waals surface area contributed by atoms with Crippen molar-refractivity contribution in [2.45, 2.75) is 19.9 Å². The maximum absolute atomic E-state index is 13.7. The molecule has 0 spiro atoms. The van der Waals surface area contributed by atoms with E-state index in [-0.39, 0.29) is 22.6 Å². The lowest BCUT2D eigenvalue weighted by molar-refractivity contribution is -0.136. The van der Waals surface area contributed by atoms with Crippen molar-refractivity contribution < 1.29 is 28.5 Å². The predicted octanol–water partition coefficient (Wildman–Crippen LogP) is 2.35. The Bertz CT molecular complexity index is 1570. The van der Waals surface area contributed by atoms with Crippen LogP contribution in [0, 0.1) is 0 Å². The summed E-state index contributed by atoms with van der Waals surface area (Å²) in [5, 5.41) is 0. The molecular weight excluding hydrogens is 484 g/mol. The molecule has 0 N–H and O–H groups in total. The molecule has 0 radical (unpaired) electrons. The van der Waals surface area contributed by atoms with Crippen LogP contribution in [0.5, 0.6) is 17.2 Å². The number of carbonyl (C=O) groups is 2. The van der Waals surface area contributed by atoms with Crippen molar-refractivity contribution in [3.05, 3.63) is 84.5 Å². The first-order valence-electron chi connectivity index (χ1n) is 10.9. The van der Waals surface area contributed by atoms with E-state index in [0.717, 1.165) is 5.56 Å². The molecule has 0 saturated carbocycles. The van der Waals surface area contributed by atoms with Crippen LogP contribution >= 0.6 is 11.3 Å². The molecule has 2 aromatic carbocycles. The molecule has 186 valence electrons. The number of rotatable bonds is 6. The monoisotopic (exact) mass is 508 g/mol. The smallest absolute Gasteiger partial charge is 0.338 e. The normalized spacial score (nSPS) is 15.1. The van der Waals surface area contributed by atoms with Crippen molar-refractivity contribution in [1.29, 1.82) is 0 Å². The minimum atomic E-state index is -0.839. The van der Waals surface area contributed by atoms with Gasteiger partial charge in [0.25, 0.3) is 5.56 Å². The number of para-hydroxylation sites is 1. The number of fused-ring (bicyclic) bond motifs is 1. The van der Waals surface area contributed by atoms with Crippen LogP contribution in [0.2, 0.25) is 0 Å². The highest BCUT2D eigenvalue weighted by atomic mass is 32.1. The van der Waals surface area contributed by atoms with Crippen LogP contribution in [0.25, 0.3) is 6.08 Å². The van der Waals surface area contributed by atoms with Gasteiger partial charge < -0.3 is 18.9 Å². The topological polar surface area (TPSA) is 105 Å². The summed E-state index contributed by atoms with van der Waals surface area (Å²) in [4.78, 5) is 43.0. The van der Waals surface area contributed by atoms with Crippen molar-refractivity contribution >= 4 is 29.4 Å². The molecule has 0 aliphatic carbocycles. The van der Waals surface area contributed by atoms with Gasteiger partial charge in [0.1, 0.15) is 5.75 Å². The van der Waals surface area contributed by atoms with Crippen LogP contribution in [0.15, 0.2) is 63.5 Å². The molecule has 4 rings (SSSR count). The average molecular weight is 509 g/mol. The molecule has 0 bridgehead atoms. The van der Waals surface area contributed by atoms with E-state index >= 15 is 0 Å². The van der Waals surface area contributed by atoms with Gasteiger partial charge in [-0.1, -0.05) is 35.6 Å². The molecule has 36 heavy (non-hydrogen) atoms. The molecule has 3 aromatic rings. The molecule has 0 saturated heterocycles. The number of nitrogens with zero attached hydrogens (tertiary/aromatic N) is 2. The highest BCUT2D eigenvalue weighted by Gasteiger charge is 2.33. The third-order valence-electron chi connectivity index (χ3n) is 5.61. The standard InChI is InChI=1S/C26H24N2O7S/c1-14-22(25(31)34-5)23(17-10-11-19(35-15(2)29)20(12-17)33-4)28-24(30)21(36-26(28)27-14)13-16-8-6-7-9-18(16)32-3/h6-13,23H,1-5H3/b21-13+/t23-/m1/s1. The van der Waals surface area contributed by atoms with Crippen molar-refractivity contribution in [2.75, 3.05) is 21.3 Å². The number of allylic oxidation sites excluding steroid dienone is 1. The van der Waals surface area contributed by atoms with Crippen LogP contribution in [0.4, 0.5) is 0 Å². The molecule has 10 heteroatoms. The van der Waals surface area contributed by atoms with Gasteiger partial charge >= 0.3 is 11.9 Å². The zero-order valence-corrected chi connectivity index (χ0v) is 21.2. The lowest BCUT2D eigenvalue weighted by atomic mass is 9.95. The van der Waals surface area contributed by atoms with Gasteiger partial charge in [-0.05, 0) is 36.8 Å². The third kappa shape index (κ3) is 4.55. The molecule has 0 fully saturated rings. The summed E-state index contributed by atoms with van der Waals surface area (Å²) in [6.45, 7) is 2.98. The van der Waals surface area contributed by atoms with Crippen LogP contribution in [0.3, 0.4) is 0 Å². The summed E-state index contributed by atoms with van der Waals surface area (Å²) in [5.74, 6) is 0.00661. The number of methoxy groups -OCH3 is 3. The Morgan fingerprint density at radius 1 is 1.03 bits per heavy atom.